The molecule has 23 heavy (non-hydrogen) atoms. The molecular formula is C19H22N2O2. The van der Waals surface area contributed by atoms with E-state index < -0.39 is 0 Å². The molecule has 4 nitrogen and oxygen atoms in total. The molecule has 0 saturated heterocycles. The van der Waals surface area contributed by atoms with Gasteiger partial charge in [0, 0.05) is 12.6 Å². The number of rotatable bonds is 5. The molecular weight excluding hydrogens is 288 g/mol. The van der Waals surface area contributed by atoms with Crippen molar-refractivity contribution in [3.8, 4) is 0 Å². The van der Waals surface area contributed by atoms with Gasteiger partial charge in [0.1, 0.15) is 0 Å². The fourth-order valence-corrected chi connectivity index (χ4v) is 2.52. The molecule has 0 aliphatic rings. The molecule has 2 aromatic carbocycles. The van der Waals surface area contributed by atoms with E-state index in [-0.39, 0.29) is 24.3 Å². The van der Waals surface area contributed by atoms with Crippen molar-refractivity contribution >= 4 is 17.5 Å². The summed E-state index contributed by atoms with van der Waals surface area (Å²) >= 11 is 0. The first kappa shape index (κ1) is 16.7. The number of hydrogen-bond donors (Lipinski definition) is 2. The number of carbonyl (C=O) groups excluding carboxylic acids is 2. The number of anilines is 1. The standard InChI is InChI=1S/C19H22N2O2/c1-13-9-10-17(14(2)11-13)21-19(23)12-18(20-15(3)22)16-7-5-4-6-8-16/h4-11,18H,12H2,1-3H3,(H,20,22)(H,21,23). The number of aryl methyl sites for hydroxylation is 2. The van der Waals surface area contributed by atoms with Crippen molar-refractivity contribution in [2.75, 3.05) is 5.32 Å². The highest BCUT2D eigenvalue weighted by atomic mass is 16.2. The van der Waals surface area contributed by atoms with Crippen LogP contribution in [-0.4, -0.2) is 11.8 Å². The molecule has 0 aliphatic carbocycles. The highest BCUT2D eigenvalue weighted by Crippen LogP contribution is 2.20. The van der Waals surface area contributed by atoms with E-state index in [9.17, 15) is 9.59 Å². The Bertz CT molecular complexity index is 696. The summed E-state index contributed by atoms with van der Waals surface area (Å²) < 4.78 is 0. The van der Waals surface area contributed by atoms with Crippen LogP contribution in [0.15, 0.2) is 48.5 Å². The third kappa shape index (κ3) is 4.95. The van der Waals surface area contributed by atoms with Gasteiger partial charge >= 0.3 is 0 Å². The van der Waals surface area contributed by atoms with Crippen molar-refractivity contribution in [3.63, 3.8) is 0 Å². The number of nitrogens with one attached hydrogen (secondary N) is 2. The van der Waals surface area contributed by atoms with Crippen LogP contribution in [0.5, 0.6) is 0 Å². The minimum absolute atomic E-state index is 0.125. The molecule has 0 bridgehead atoms. The molecule has 0 heterocycles. The van der Waals surface area contributed by atoms with E-state index in [1.54, 1.807) is 0 Å². The predicted molar refractivity (Wildman–Crippen MR) is 92.2 cm³/mol. The summed E-state index contributed by atoms with van der Waals surface area (Å²) in [5.41, 5.74) is 3.89. The molecule has 1 atom stereocenters. The van der Waals surface area contributed by atoms with E-state index in [0.717, 1.165) is 22.4 Å². The maximum atomic E-state index is 12.4. The minimum atomic E-state index is -0.334. The third-order valence-electron chi connectivity index (χ3n) is 3.62. The van der Waals surface area contributed by atoms with Crippen molar-refractivity contribution in [1.29, 1.82) is 0 Å². The van der Waals surface area contributed by atoms with Crippen LogP contribution in [0.1, 0.15) is 36.1 Å². The van der Waals surface area contributed by atoms with Gasteiger partial charge in [0.05, 0.1) is 12.5 Å². The first-order chi connectivity index (χ1) is 11.0. The molecule has 2 rings (SSSR count). The van der Waals surface area contributed by atoms with Crippen LogP contribution < -0.4 is 10.6 Å². The van der Waals surface area contributed by atoms with Gasteiger partial charge < -0.3 is 10.6 Å². The van der Waals surface area contributed by atoms with Gasteiger partial charge in [0.25, 0.3) is 0 Å². The van der Waals surface area contributed by atoms with E-state index in [1.165, 1.54) is 6.92 Å². The molecule has 4 heteroatoms. The summed E-state index contributed by atoms with van der Waals surface area (Å²) in [4.78, 5) is 23.8. The number of carbonyl (C=O) groups is 2. The summed E-state index contributed by atoms with van der Waals surface area (Å²) in [6, 6.07) is 15.1. The second kappa shape index (κ2) is 7.58. The summed E-state index contributed by atoms with van der Waals surface area (Å²) in [5, 5.41) is 5.76. The maximum Gasteiger partial charge on any atom is 0.226 e. The van der Waals surface area contributed by atoms with Gasteiger partial charge in [-0.25, -0.2) is 0 Å². The highest BCUT2D eigenvalue weighted by molar-refractivity contribution is 5.92. The molecule has 1 unspecified atom stereocenters. The Morgan fingerprint density at radius 1 is 1.04 bits per heavy atom. The smallest absolute Gasteiger partial charge is 0.226 e. The zero-order valence-electron chi connectivity index (χ0n) is 13.7. The quantitative estimate of drug-likeness (QED) is 0.888. The SMILES string of the molecule is CC(=O)NC(CC(=O)Nc1ccc(C)cc1C)c1ccccc1. The van der Waals surface area contributed by atoms with Crippen molar-refractivity contribution < 1.29 is 9.59 Å². The minimum Gasteiger partial charge on any atom is -0.349 e. The Balaban J connectivity index is 2.09. The molecule has 0 aromatic heterocycles. The second-order valence-corrected chi connectivity index (χ2v) is 5.73. The molecule has 120 valence electrons. The van der Waals surface area contributed by atoms with Crippen LogP contribution in [0, 0.1) is 13.8 Å². The van der Waals surface area contributed by atoms with Crippen LogP contribution in [-0.2, 0) is 9.59 Å². The van der Waals surface area contributed by atoms with Gasteiger partial charge in [-0.05, 0) is 31.0 Å². The van der Waals surface area contributed by atoms with Crippen LogP contribution in [0.2, 0.25) is 0 Å². The van der Waals surface area contributed by atoms with Crippen molar-refractivity contribution in [2.45, 2.75) is 33.2 Å². The lowest BCUT2D eigenvalue weighted by molar-refractivity contribution is -0.120. The summed E-state index contributed by atoms with van der Waals surface area (Å²) in [6.07, 6.45) is 0.191. The van der Waals surface area contributed by atoms with E-state index in [0.29, 0.717) is 0 Å². The molecule has 0 spiro atoms. The summed E-state index contributed by atoms with van der Waals surface area (Å²) in [7, 11) is 0. The average molecular weight is 310 g/mol. The lowest BCUT2D eigenvalue weighted by atomic mass is 10.0. The fourth-order valence-electron chi connectivity index (χ4n) is 2.52. The normalized spacial score (nSPS) is 11.6. The van der Waals surface area contributed by atoms with Crippen LogP contribution >= 0.6 is 0 Å². The zero-order chi connectivity index (χ0) is 16.8. The van der Waals surface area contributed by atoms with Gasteiger partial charge in [-0.15, -0.1) is 0 Å². The maximum absolute atomic E-state index is 12.4. The first-order valence-corrected chi connectivity index (χ1v) is 7.65. The molecule has 2 amide bonds. The van der Waals surface area contributed by atoms with Gasteiger partial charge in [0.2, 0.25) is 11.8 Å². The lowest BCUT2D eigenvalue weighted by Gasteiger charge is -2.18. The highest BCUT2D eigenvalue weighted by Gasteiger charge is 2.17. The number of benzene rings is 2. The van der Waals surface area contributed by atoms with Crippen molar-refractivity contribution in [2.24, 2.45) is 0 Å². The Hall–Kier alpha value is -2.62. The lowest BCUT2D eigenvalue weighted by Crippen LogP contribution is -2.29. The number of amides is 2. The zero-order valence-corrected chi connectivity index (χ0v) is 13.7. The second-order valence-electron chi connectivity index (χ2n) is 5.73. The molecule has 2 aromatic rings. The molecule has 0 saturated carbocycles. The van der Waals surface area contributed by atoms with Crippen LogP contribution in [0.25, 0.3) is 0 Å². The van der Waals surface area contributed by atoms with Gasteiger partial charge in [0.15, 0.2) is 0 Å². The van der Waals surface area contributed by atoms with Gasteiger partial charge in [-0.1, -0.05) is 48.0 Å². The third-order valence-corrected chi connectivity index (χ3v) is 3.62. The fraction of sp³-hybridized carbons (Fsp3) is 0.263. The molecule has 0 radical (unpaired) electrons. The van der Waals surface area contributed by atoms with Crippen molar-refractivity contribution in [1.82, 2.24) is 5.32 Å². The average Bonchev–Trinajstić information content (AvgIpc) is 2.50. The van der Waals surface area contributed by atoms with Crippen LogP contribution in [0.3, 0.4) is 0 Å². The Morgan fingerprint density at radius 3 is 2.35 bits per heavy atom. The monoisotopic (exact) mass is 310 g/mol. The van der Waals surface area contributed by atoms with Crippen molar-refractivity contribution in [3.05, 3.63) is 65.2 Å². The Kier molecular flexibility index (Phi) is 5.52. The molecule has 0 fully saturated rings. The van der Waals surface area contributed by atoms with E-state index in [2.05, 4.69) is 10.6 Å². The number of hydrogen-bond acceptors (Lipinski definition) is 2. The Labute approximate surface area is 136 Å². The van der Waals surface area contributed by atoms with Crippen LogP contribution in [0.4, 0.5) is 5.69 Å². The van der Waals surface area contributed by atoms with Gasteiger partial charge in [-0.3, -0.25) is 9.59 Å². The topological polar surface area (TPSA) is 58.2 Å². The largest absolute Gasteiger partial charge is 0.349 e. The Morgan fingerprint density at radius 2 is 1.74 bits per heavy atom. The predicted octanol–water partition coefficient (Wildman–Crippen LogP) is 3.51. The van der Waals surface area contributed by atoms with Gasteiger partial charge in [-0.2, -0.15) is 0 Å². The summed E-state index contributed by atoms with van der Waals surface area (Å²) in [5.74, 6) is -0.280. The van der Waals surface area contributed by atoms with E-state index >= 15 is 0 Å². The first-order valence-electron chi connectivity index (χ1n) is 7.65. The molecule has 0 aliphatic heterocycles. The van der Waals surface area contributed by atoms with E-state index in [1.807, 2.05) is 62.4 Å². The summed E-state index contributed by atoms with van der Waals surface area (Å²) in [6.45, 7) is 5.43. The van der Waals surface area contributed by atoms with E-state index in [4.69, 9.17) is 0 Å². The molecule has 2 N–H and O–H groups in total.